The Hall–Kier alpha value is -2.04. The molecule has 0 aromatic heterocycles. The molecule has 20 heavy (non-hydrogen) atoms. The number of carbonyl (C=O) groups is 1. The zero-order valence-corrected chi connectivity index (χ0v) is 11.3. The summed E-state index contributed by atoms with van der Waals surface area (Å²) in [5, 5.41) is 22.2. The predicted octanol–water partition coefficient (Wildman–Crippen LogP) is 2.96. The van der Waals surface area contributed by atoms with Crippen molar-refractivity contribution in [3.05, 3.63) is 64.7 Å². The molecule has 0 spiro atoms. The minimum absolute atomic E-state index is 0.135. The van der Waals surface area contributed by atoms with Crippen LogP contribution in [-0.4, -0.2) is 16.2 Å². The minimum Gasteiger partial charge on any atom is -0.506 e. The van der Waals surface area contributed by atoms with Crippen LogP contribution < -0.4 is 5.32 Å². The minimum atomic E-state index is -1.07. The fourth-order valence-electron chi connectivity index (χ4n) is 1.91. The van der Waals surface area contributed by atoms with Crippen molar-refractivity contribution < 1.29 is 15.0 Å². The fraction of sp³-hybridized carbons (Fsp3) is 0.133. The number of phenols is 1. The lowest BCUT2D eigenvalue weighted by molar-refractivity contribution is -0.139. The summed E-state index contributed by atoms with van der Waals surface area (Å²) in [5.41, 5.74) is 1.21. The second kappa shape index (κ2) is 6.41. The van der Waals surface area contributed by atoms with E-state index in [9.17, 15) is 15.0 Å². The molecule has 0 radical (unpaired) electrons. The molecule has 0 bridgehead atoms. The van der Waals surface area contributed by atoms with E-state index in [2.05, 4.69) is 5.32 Å². The third-order valence-electron chi connectivity index (χ3n) is 2.93. The summed E-state index contributed by atoms with van der Waals surface area (Å²) in [7, 11) is 0. The van der Waals surface area contributed by atoms with E-state index in [1.165, 1.54) is 12.1 Å². The summed E-state index contributed by atoms with van der Waals surface area (Å²) >= 11 is 5.81. The number of rotatable bonds is 5. The Kier molecular flexibility index (Phi) is 4.61. The van der Waals surface area contributed by atoms with Gasteiger partial charge in [0.05, 0.1) is 5.02 Å². The monoisotopic (exact) mass is 291 g/mol. The van der Waals surface area contributed by atoms with Gasteiger partial charge < -0.3 is 10.2 Å². The summed E-state index contributed by atoms with van der Waals surface area (Å²) in [6, 6.07) is 13.1. The normalized spacial score (nSPS) is 12.1. The van der Waals surface area contributed by atoms with Crippen molar-refractivity contribution in [3.8, 4) is 5.75 Å². The first kappa shape index (κ1) is 14.4. The van der Waals surface area contributed by atoms with Crippen molar-refractivity contribution in [2.75, 3.05) is 0 Å². The lowest BCUT2D eigenvalue weighted by Crippen LogP contribution is -2.28. The maximum Gasteiger partial charge on any atom is 0.325 e. The van der Waals surface area contributed by atoms with Crippen molar-refractivity contribution in [1.29, 1.82) is 0 Å². The number of aliphatic carboxylic acids is 1. The molecule has 2 rings (SSSR count). The standard InChI is InChI=1S/C15H14ClNO3/c16-12-8-4-7-11(14(12)18)13(15(19)20)17-9-10-5-2-1-3-6-10/h1-8,13,17-18H,9H2,(H,19,20). The molecule has 0 saturated carbocycles. The van der Waals surface area contributed by atoms with E-state index in [0.29, 0.717) is 6.54 Å². The SMILES string of the molecule is O=C(O)C(NCc1ccccc1)c1cccc(Cl)c1O. The smallest absolute Gasteiger partial charge is 0.325 e. The molecule has 4 nitrogen and oxygen atoms in total. The molecule has 0 aliphatic rings. The highest BCUT2D eigenvalue weighted by molar-refractivity contribution is 6.32. The van der Waals surface area contributed by atoms with Crippen LogP contribution in [-0.2, 0) is 11.3 Å². The van der Waals surface area contributed by atoms with Gasteiger partial charge in [-0.05, 0) is 11.6 Å². The largest absolute Gasteiger partial charge is 0.506 e. The van der Waals surface area contributed by atoms with Gasteiger partial charge in [-0.1, -0.05) is 54.1 Å². The molecular weight excluding hydrogens is 278 g/mol. The highest BCUT2D eigenvalue weighted by atomic mass is 35.5. The zero-order chi connectivity index (χ0) is 14.5. The topological polar surface area (TPSA) is 69.6 Å². The average Bonchev–Trinajstić information content (AvgIpc) is 2.44. The van der Waals surface area contributed by atoms with Gasteiger partial charge in [-0.2, -0.15) is 0 Å². The third kappa shape index (κ3) is 3.29. The lowest BCUT2D eigenvalue weighted by atomic mass is 10.1. The van der Waals surface area contributed by atoms with Crippen LogP contribution >= 0.6 is 11.6 Å². The molecule has 1 unspecified atom stereocenters. The van der Waals surface area contributed by atoms with Crippen LogP contribution in [0.15, 0.2) is 48.5 Å². The maximum absolute atomic E-state index is 11.4. The van der Waals surface area contributed by atoms with Crippen LogP contribution in [0.25, 0.3) is 0 Å². The van der Waals surface area contributed by atoms with Gasteiger partial charge in [0.1, 0.15) is 11.8 Å². The number of aromatic hydroxyl groups is 1. The first-order valence-corrected chi connectivity index (χ1v) is 6.45. The van der Waals surface area contributed by atoms with Crippen LogP contribution in [0.3, 0.4) is 0 Å². The van der Waals surface area contributed by atoms with E-state index in [0.717, 1.165) is 5.56 Å². The molecule has 0 saturated heterocycles. The van der Waals surface area contributed by atoms with E-state index in [-0.39, 0.29) is 16.3 Å². The fourth-order valence-corrected chi connectivity index (χ4v) is 2.09. The van der Waals surface area contributed by atoms with Gasteiger partial charge in [0.25, 0.3) is 0 Å². The summed E-state index contributed by atoms with van der Waals surface area (Å²) in [6.45, 7) is 0.379. The number of phenolic OH excluding ortho intramolecular Hbond substituents is 1. The first-order chi connectivity index (χ1) is 9.59. The average molecular weight is 292 g/mol. The number of nitrogens with one attached hydrogen (secondary N) is 1. The van der Waals surface area contributed by atoms with Gasteiger partial charge in [-0.25, -0.2) is 0 Å². The van der Waals surface area contributed by atoms with Crippen LogP contribution in [0, 0.1) is 0 Å². The molecule has 2 aromatic carbocycles. The highest BCUT2D eigenvalue weighted by Crippen LogP contribution is 2.31. The number of carboxylic acids is 1. The molecule has 0 aliphatic heterocycles. The molecule has 0 heterocycles. The van der Waals surface area contributed by atoms with E-state index in [4.69, 9.17) is 11.6 Å². The Balaban J connectivity index is 2.20. The Morgan fingerprint density at radius 1 is 1.15 bits per heavy atom. The van der Waals surface area contributed by atoms with Crippen LogP contribution in [0.2, 0.25) is 5.02 Å². The summed E-state index contributed by atoms with van der Waals surface area (Å²) in [6.07, 6.45) is 0. The molecule has 5 heteroatoms. The van der Waals surface area contributed by atoms with Gasteiger partial charge in [0.15, 0.2) is 0 Å². The molecule has 104 valence electrons. The molecule has 2 aromatic rings. The first-order valence-electron chi connectivity index (χ1n) is 6.07. The quantitative estimate of drug-likeness (QED) is 0.792. The van der Waals surface area contributed by atoms with Crippen molar-refractivity contribution in [1.82, 2.24) is 5.32 Å². The highest BCUT2D eigenvalue weighted by Gasteiger charge is 2.23. The number of para-hydroxylation sites is 1. The lowest BCUT2D eigenvalue weighted by Gasteiger charge is -2.16. The van der Waals surface area contributed by atoms with Crippen LogP contribution in [0.5, 0.6) is 5.75 Å². The predicted molar refractivity (Wildman–Crippen MR) is 76.8 cm³/mol. The van der Waals surface area contributed by atoms with E-state index >= 15 is 0 Å². The van der Waals surface area contributed by atoms with Gasteiger partial charge in [-0.3, -0.25) is 10.1 Å². The number of benzene rings is 2. The molecule has 1 atom stereocenters. The Bertz CT molecular complexity index is 601. The number of halogens is 1. The molecule has 0 aliphatic carbocycles. The second-order valence-corrected chi connectivity index (χ2v) is 4.72. The molecule has 0 amide bonds. The number of hydrogen-bond donors (Lipinski definition) is 3. The summed E-state index contributed by atoms with van der Waals surface area (Å²) in [4.78, 5) is 11.4. The Morgan fingerprint density at radius 3 is 2.50 bits per heavy atom. The van der Waals surface area contributed by atoms with Crippen molar-refractivity contribution in [2.24, 2.45) is 0 Å². The van der Waals surface area contributed by atoms with Gasteiger partial charge in [-0.15, -0.1) is 0 Å². The van der Waals surface area contributed by atoms with E-state index in [1.807, 2.05) is 30.3 Å². The molecular formula is C15H14ClNO3. The second-order valence-electron chi connectivity index (χ2n) is 4.32. The van der Waals surface area contributed by atoms with Crippen molar-refractivity contribution in [3.63, 3.8) is 0 Å². The van der Waals surface area contributed by atoms with Gasteiger partial charge >= 0.3 is 5.97 Å². The maximum atomic E-state index is 11.4. The summed E-state index contributed by atoms with van der Waals surface area (Å²) < 4.78 is 0. The Morgan fingerprint density at radius 2 is 1.85 bits per heavy atom. The van der Waals surface area contributed by atoms with Crippen molar-refractivity contribution in [2.45, 2.75) is 12.6 Å². The number of carboxylic acid groups (broad SMARTS) is 1. The number of hydrogen-bond acceptors (Lipinski definition) is 3. The van der Waals surface area contributed by atoms with Crippen molar-refractivity contribution >= 4 is 17.6 Å². The zero-order valence-electron chi connectivity index (χ0n) is 10.6. The van der Waals surface area contributed by atoms with E-state index in [1.54, 1.807) is 6.07 Å². The van der Waals surface area contributed by atoms with Gasteiger partial charge in [0, 0.05) is 12.1 Å². The van der Waals surface area contributed by atoms with Crippen LogP contribution in [0.4, 0.5) is 0 Å². The van der Waals surface area contributed by atoms with Gasteiger partial charge in [0.2, 0.25) is 0 Å². The van der Waals surface area contributed by atoms with Crippen LogP contribution in [0.1, 0.15) is 17.2 Å². The Labute approximate surface area is 121 Å². The third-order valence-corrected chi connectivity index (χ3v) is 3.23. The van der Waals surface area contributed by atoms with E-state index < -0.39 is 12.0 Å². The molecule has 0 fully saturated rings. The molecule has 3 N–H and O–H groups in total. The summed E-state index contributed by atoms with van der Waals surface area (Å²) in [5.74, 6) is -1.28.